The van der Waals surface area contributed by atoms with Crippen molar-refractivity contribution in [3.63, 3.8) is 0 Å². The molecule has 5 nitrogen and oxygen atoms in total. The summed E-state index contributed by atoms with van der Waals surface area (Å²) >= 11 is 1.59. The molecule has 0 radical (unpaired) electrons. The maximum atomic E-state index is 13.7. The zero-order valence-corrected chi connectivity index (χ0v) is 20.3. The minimum atomic E-state index is -0.0786. The van der Waals surface area contributed by atoms with Gasteiger partial charge in [0.15, 0.2) is 0 Å². The van der Waals surface area contributed by atoms with Gasteiger partial charge in [-0.3, -0.25) is 4.79 Å². The second-order valence-corrected chi connectivity index (χ2v) is 10.2. The number of fused-ring (bicyclic) bond motifs is 2. The second-order valence-electron chi connectivity index (χ2n) is 9.12. The predicted molar refractivity (Wildman–Crippen MR) is 138 cm³/mol. The highest BCUT2D eigenvalue weighted by Gasteiger charge is 2.30. The quantitative estimate of drug-likeness (QED) is 0.457. The Hall–Kier alpha value is -3.25. The van der Waals surface area contributed by atoms with Gasteiger partial charge in [0, 0.05) is 27.6 Å². The average molecular weight is 472 g/mol. The molecule has 1 saturated heterocycles. The largest absolute Gasteiger partial charge is 0.322 e. The molecule has 2 aliphatic rings. The van der Waals surface area contributed by atoms with Gasteiger partial charge in [-0.1, -0.05) is 54.2 Å². The molecule has 1 N–H and O–H groups in total. The fourth-order valence-electron chi connectivity index (χ4n) is 4.93. The molecule has 2 atom stereocenters. The van der Waals surface area contributed by atoms with E-state index in [9.17, 15) is 9.59 Å². The monoisotopic (exact) mass is 471 g/mol. The maximum Gasteiger partial charge on any atom is 0.322 e. The summed E-state index contributed by atoms with van der Waals surface area (Å²) < 4.78 is 0. The first-order valence-electron chi connectivity index (χ1n) is 11.9. The van der Waals surface area contributed by atoms with Crippen LogP contribution in [0.25, 0.3) is 0 Å². The molecule has 3 aromatic carbocycles. The standard InChI is InChI=1S/C28H29N3O2S/c1-19-9-8-10-20(2)31(19)28(33)29-22-15-16-26-24(17-22)30(18-21-11-4-3-5-12-21)27(32)23-13-6-7-14-25(23)34-26/h3-7,11-17,19-20H,8-10,18H2,1-2H3,(H,29,33). The van der Waals surface area contributed by atoms with E-state index in [1.54, 1.807) is 11.8 Å². The number of carbonyl (C=O) groups is 2. The molecule has 2 aliphatic heterocycles. The molecule has 0 bridgehead atoms. The number of benzene rings is 3. The van der Waals surface area contributed by atoms with E-state index in [0.717, 1.165) is 40.3 Å². The number of rotatable bonds is 3. The van der Waals surface area contributed by atoms with Crippen LogP contribution < -0.4 is 10.2 Å². The Kier molecular flexibility index (Phi) is 6.33. The fraction of sp³-hybridized carbons (Fsp3) is 0.286. The topological polar surface area (TPSA) is 52.7 Å². The van der Waals surface area contributed by atoms with Crippen molar-refractivity contribution in [2.45, 2.75) is 61.5 Å². The lowest BCUT2D eigenvalue weighted by atomic mass is 9.98. The number of likely N-dealkylation sites (tertiary alicyclic amines) is 1. The van der Waals surface area contributed by atoms with Crippen molar-refractivity contribution in [3.05, 3.63) is 83.9 Å². The minimum absolute atomic E-state index is 0.0348. The van der Waals surface area contributed by atoms with E-state index in [0.29, 0.717) is 17.8 Å². The number of hydrogen-bond donors (Lipinski definition) is 1. The van der Waals surface area contributed by atoms with Gasteiger partial charge >= 0.3 is 6.03 Å². The Bertz CT molecular complexity index is 1200. The summed E-state index contributed by atoms with van der Waals surface area (Å²) in [5, 5.41) is 3.10. The van der Waals surface area contributed by atoms with Gasteiger partial charge in [0.05, 0.1) is 17.8 Å². The van der Waals surface area contributed by atoms with Crippen molar-refractivity contribution in [2.75, 3.05) is 10.2 Å². The molecule has 174 valence electrons. The smallest absolute Gasteiger partial charge is 0.319 e. The molecule has 34 heavy (non-hydrogen) atoms. The van der Waals surface area contributed by atoms with Gasteiger partial charge in [-0.15, -0.1) is 0 Å². The van der Waals surface area contributed by atoms with Gasteiger partial charge in [-0.2, -0.15) is 0 Å². The van der Waals surface area contributed by atoms with E-state index in [4.69, 9.17) is 0 Å². The molecule has 3 aromatic rings. The summed E-state index contributed by atoms with van der Waals surface area (Å²) in [6.07, 6.45) is 3.20. The van der Waals surface area contributed by atoms with E-state index in [1.807, 2.05) is 82.6 Å². The van der Waals surface area contributed by atoms with Gasteiger partial charge in [-0.25, -0.2) is 4.79 Å². The lowest BCUT2D eigenvalue weighted by Gasteiger charge is -2.39. The average Bonchev–Trinajstić information content (AvgIpc) is 2.94. The molecule has 2 heterocycles. The Morgan fingerprint density at radius 1 is 0.941 bits per heavy atom. The van der Waals surface area contributed by atoms with E-state index >= 15 is 0 Å². The zero-order chi connectivity index (χ0) is 23.7. The molecule has 2 unspecified atom stereocenters. The molecule has 0 aromatic heterocycles. The van der Waals surface area contributed by atoms with E-state index in [1.165, 1.54) is 0 Å². The molecule has 0 saturated carbocycles. The lowest BCUT2D eigenvalue weighted by Crippen LogP contribution is -2.49. The molecular weight excluding hydrogens is 442 g/mol. The SMILES string of the molecule is CC1CCCC(C)N1C(=O)Nc1ccc2c(c1)N(Cc1ccccc1)C(=O)c1ccccc1S2. The predicted octanol–water partition coefficient (Wildman–Crippen LogP) is 6.79. The highest BCUT2D eigenvalue weighted by Crippen LogP contribution is 2.43. The number of piperidine rings is 1. The fourth-order valence-corrected chi connectivity index (χ4v) is 5.99. The van der Waals surface area contributed by atoms with Crippen LogP contribution in [-0.2, 0) is 6.54 Å². The molecular formula is C28H29N3O2S. The highest BCUT2D eigenvalue weighted by molar-refractivity contribution is 7.99. The van der Waals surface area contributed by atoms with Crippen LogP contribution in [0, 0.1) is 0 Å². The summed E-state index contributed by atoms with van der Waals surface area (Å²) in [4.78, 5) is 32.6. The van der Waals surface area contributed by atoms with Gasteiger partial charge in [-0.05, 0) is 69.0 Å². The van der Waals surface area contributed by atoms with Gasteiger partial charge in [0.25, 0.3) is 5.91 Å². The number of carbonyl (C=O) groups excluding carboxylic acids is 2. The van der Waals surface area contributed by atoms with Gasteiger partial charge in [0.1, 0.15) is 0 Å². The Morgan fingerprint density at radius 2 is 1.65 bits per heavy atom. The molecule has 1 fully saturated rings. The van der Waals surface area contributed by atoms with Crippen molar-refractivity contribution in [1.29, 1.82) is 0 Å². The van der Waals surface area contributed by atoms with Crippen LogP contribution in [0.2, 0.25) is 0 Å². The van der Waals surface area contributed by atoms with Crippen LogP contribution in [0.1, 0.15) is 49.0 Å². The van der Waals surface area contributed by atoms with Crippen LogP contribution in [0.4, 0.5) is 16.2 Å². The maximum absolute atomic E-state index is 13.7. The second kappa shape index (κ2) is 9.55. The number of anilines is 2. The Labute approximate surface area is 205 Å². The van der Waals surface area contributed by atoms with E-state index in [2.05, 4.69) is 19.2 Å². The van der Waals surface area contributed by atoms with Crippen LogP contribution in [0.15, 0.2) is 82.6 Å². The zero-order valence-electron chi connectivity index (χ0n) is 19.5. The molecule has 6 heteroatoms. The highest BCUT2D eigenvalue weighted by atomic mass is 32.2. The Morgan fingerprint density at radius 3 is 2.41 bits per heavy atom. The number of nitrogens with one attached hydrogen (secondary N) is 1. The van der Waals surface area contributed by atoms with Crippen LogP contribution in [0.3, 0.4) is 0 Å². The summed E-state index contributed by atoms with van der Waals surface area (Å²) in [5.41, 5.74) is 3.26. The summed E-state index contributed by atoms with van der Waals surface area (Å²) in [6, 6.07) is 24.0. The first kappa shape index (κ1) is 22.5. The third-order valence-electron chi connectivity index (χ3n) is 6.70. The number of amides is 3. The third-order valence-corrected chi connectivity index (χ3v) is 7.84. The molecule has 0 spiro atoms. The van der Waals surface area contributed by atoms with E-state index < -0.39 is 0 Å². The van der Waals surface area contributed by atoms with Crippen molar-refractivity contribution < 1.29 is 9.59 Å². The minimum Gasteiger partial charge on any atom is -0.319 e. The number of hydrogen-bond acceptors (Lipinski definition) is 3. The van der Waals surface area contributed by atoms with Crippen molar-refractivity contribution in [2.24, 2.45) is 0 Å². The molecule has 0 aliphatic carbocycles. The third kappa shape index (κ3) is 4.42. The van der Waals surface area contributed by atoms with Crippen molar-refractivity contribution >= 4 is 35.1 Å². The summed E-state index contributed by atoms with van der Waals surface area (Å²) in [7, 11) is 0. The first-order chi connectivity index (χ1) is 16.5. The first-order valence-corrected chi connectivity index (χ1v) is 12.7. The molecule has 5 rings (SSSR count). The van der Waals surface area contributed by atoms with Crippen LogP contribution in [0.5, 0.6) is 0 Å². The van der Waals surface area contributed by atoms with Crippen molar-refractivity contribution in [3.8, 4) is 0 Å². The number of urea groups is 1. The lowest BCUT2D eigenvalue weighted by molar-refractivity contribution is 0.0982. The normalized spacial score (nSPS) is 19.8. The van der Waals surface area contributed by atoms with Crippen LogP contribution in [-0.4, -0.2) is 28.9 Å². The van der Waals surface area contributed by atoms with Gasteiger partial charge < -0.3 is 15.1 Å². The van der Waals surface area contributed by atoms with Crippen LogP contribution >= 0.6 is 11.8 Å². The number of nitrogens with zero attached hydrogens (tertiary/aromatic N) is 2. The molecule has 3 amide bonds. The summed E-state index contributed by atoms with van der Waals surface area (Å²) in [5.74, 6) is -0.0348. The van der Waals surface area contributed by atoms with Gasteiger partial charge in [0.2, 0.25) is 0 Å². The Balaban J connectivity index is 1.50. The summed E-state index contributed by atoms with van der Waals surface area (Å²) in [6.45, 7) is 4.68. The van der Waals surface area contributed by atoms with E-state index in [-0.39, 0.29) is 24.0 Å². The van der Waals surface area contributed by atoms with Crippen molar-refractivity contribution in [1.82, 2.24) is 4.90 Å².